The molecule has 0 unspecified atom stereocenters. The first-order valence-corrected chi connectivity index (χ1v) is 4.71. The van der Waals surface area contributed by atoms with E-state index in [9.17, 15) is 8.42 Å². The van der Waals surface area contributed by atoms with Crippen molar-refractivity contribution in [2.24, 2.45) is 5.14 Å². The first kappa shape index (κ1) is 14.8. The molecule has 0 saturated heterocycles. The van der Waals surface area contributed by atoms with Crippen LogP contribution in [0.5, 0.6) is 0 Å². The number of benzene rings is 1. The molecule has 0 aliphatic rings. The smallest absolute Gasteiger partial charge is 0.225 e. The predicted octanol–water partition coefficient (Wildman–Crippen LogP) is 0.0262. The molecule has 0 atom stereocenters. The highest BCUT2D eigenvalue weighted by Crippen LogP contribution is 2.11. The van der Waals surface area contributed by atoms with E-state index in [1.807, 2.05) is 0 Å². The lowest BCUT2D eigenvalue weighted by Gasteiger charge is -1.95. The molecule has 1 aromatic rings. The summed E-state index contributed by atoms with van der Waals surface area (Å²) in [5, 5.41) is 5.32. The van der Waals surface area contributed by atoms with Gasteiger partial charge in [-0.15, -0.1) is 0 Å². The summed E-state index contributed by atoms with van der Waals surface area (Å²) < 4.78 is 21.4. The summed E-state index contributed by atoms with van der Waals surface area (Å²) in [6.07, 6.45) is 0. The van der Waals surface area contributed by atoms with Gasteiger partial charge in [-0.25, -0.2) is 13.6 Å². The molecular weight excluding hydrogens is 214 g/mol. The fourth-order valence-electron chi connectivity index (χ4n) is 0.624. The van der Waals surface area contributed by atoms with E-state index in [-0.39, 0.29) is 17.2 Å². The van der Waals surface area contributed by atoms with Crippen molar-refractivity contribution in [1.29, 1.82) is 0 Å². The Morgan fingerprint density at radius 2 is 1.46 bits per heavy atom. The highest BCUT2D eigenvalue weighted by molar-refractivity contribution is 7.89. The fraction of sp³-hybridized carbons (Fsp3) is 0. The van der Waals surface area contributed by atoms with E-state index in [0.29, 0.717) is 5.02 Å². The Balaban J connectivity index is 0. The molecule has 0 heterocycles. The van der Waals surface area contributed by atoms with E-state index in [0.717, 1.165) is 0 Å². The van der Waals surface area contributed by atoms with Crippen molar-refractivity contribution in [3.63, 3.8) is 0 Å². The van der Waals surface area contributed by atoms with Crippen LogP contribution in [0, 0.1) is 0 Å². The molecule has 0 amide bonds. The first-order chi connectivity index (χ1) is 5.00. The van der Waals surface area contributed by atoms with E-state index < -0.39 is 10.0 Å². The normalized spacial score (nSPS) is 9.69. The van der Waals surface area contributed by atoms with E-state index in [2.05, 4.69) is 0 Å². The van der Waals surface area contributed by atoms with Crippen LogP contribution in [0.4, 0.5) is 0 Å². The lowest BCUT2D eigenvalue weighted by atomic mass is 10.4. The Hall–Kier alpha value is -0.660. The van der Waals surface area contributed by atoms with Gasteiger partial charge in [0.2, 0.25) is 10.0 Å². The van der Waals surface area contributed by atoms with Crippen LogP contribution in [-0.2, 0) is 10.0 Å². The van der Waals surface area contributed by atoms with Crippen molar-refractivity contribution in [2.75, 3.05) is 0 Å². The molecule has 0 aliphatic heterocycles. The Bertz CT molecular complexity index is 349. The Morgan fingerprint density at radius 3 is 1.77 bits per heavy atom. The Labute approximate surface area is 82.1 Å². The van der Waals surface area contributed by atoms with E-state index in [1.165, 1.54) is 24.3 Å². The number of halogens is 1. The summed E-state index contributed by atoms with van der Waals surface area (Å²) in [6, 6.07) is 5.66. The van der Waals surface area contributed by atoms with Crippen LogP contribution in [0.2, 0.25) is 5.02 Å². The Kier molecular flexibility index (Phi) is 5.88. The highest BCUT2D eigenvalue weighted by atomic mass is 35.5. The van der Waals surface area contributed by atoms with Crippen LogP contribution in [0.3, 0.4) is 0 Å². The summed E-state index contributed by atoms with van der Waals surface area (Å²) in [5.41, 5.74) is 0. The van der Waals surface area contributed by atoms with Crippen molar-refractivity contribution < 1.29 is 8.42 Å². The molecule has 0 aromatic heterocycles. The van der Waals surface area contributed by atoms with Crippen LogP contribution in [0.1, 0.15) is 0 Å². The zero-order valence-corrected chi connectivity index (χ0v) is 7.96. The van der Waals surface area contributed by atoms with Gasteiger partial charge < -0.3 is 0 Å². The largest absolute Gasteiger partial charge is 0.238 e. The molecule has 0 fully saturated rings. The van der Waals surface area contributed by atoms with Gasteiger partial charge in [-0.3, -0.25) is 0 Å². The van der Waals surface area contributed by atoms with Crippen LogP contribution >= 0.6 is 11.6 Å². The first-order valence-electron chi connectivity index (χ1n) is 2.78. The molecule has 0 aliphatic carbocycles. The second-order valence-electron chi connectivity index (χ2n) is 2.00. The zero-order valence-electron chi connectivity index (χ0n) is 6.38. The molecular formula is C6H6ClN3O2S. The maximum atomic E-state index is 10.7. The van der Waals surface area contributed by atoms with Crippen molar-refractivity contribution in [3.05, 3.63) is 29.3 Å². The van der Waals surface area contributed by atoms with Crippen molar-refractivity contribution >= 4 is 21.6 Å². The molecule has 0 spiro atoms. The minimum Gasteiger partial charge on any atom is -0.225 e. The van der Waals surface area contributed by atoms with E-state index in [1.54, 1.807) is 0 Å². The maximum absolute atomic E-state index is 10.7. The fourth-order valence-corrected chi connectivity index (χ4v) is 1.27. The molecule has 1 aromatic carbocycles. The molecule has 2 N–H and O–H groups in total. The highest BCUT2D eigenvalue weighted by Gasteiger charge is 2.05. The molecule has 13 heavy (non-hydrogen) atoms. The number of nitrogens with zero attached hydrogens (tertiary/aromatic N) is 2. The van der Waals surface area contributed by atoms with Crippen molar-refractivity contribution in [2.45, 2.75) is 4.90 Å². The zero-order chi connectivity index (χ0) is 8.48. The van der Waals surface area contributed by atoms with E-state index >= 15 is 0 Å². The lowest BCUT2D eigenvalue weighted by Crippen LogP contribution is -2.11. The van der Waals surface area contributed by atoms with Gasteiger partial charge in [-0.05, 0) is 24.3 Å². The van der Waals surface area contributed by atoms with Gasteiger partial charge in [0.25, 0.3) is 0 Å². The van der Waals surface area contributed by atoms with Crippen LogP contribution in [0.15, 0.2) is 29.2 Å². The summed E-state index contributed by atoms with van der Waals surface area (Å²) >= 11 is 5.53. The van der Waals surface area contributed by atoms with Crippen molar-refractivity contribution in [3.8, 4) is 0 Å². The third-order valence-electron chi connectivity index (χ3n) is 1.14. The number of rotatable bonds is 1. The minimum atomic E-state index is -3.58. The maximum Gasteiger partial charge on any atom is 0.238 e. The van der Waals surface area contributed by atoms with Gasteiger partial charge in [0, 0.05) is 17.3 Å². The van der Waals surface area contributed by atoms with Crippen LogP contribution in [-0.4, -0.2) is 8.42 Å². The number of sulfonamides is 1. The molecule has 6 radical (unpaired) electrons. The van der Waals surface area contributed by atoms with Gasteiger partial charge in [-0.2, -0.15) is 0 Å². The van der Waals surface area contributed by atoms with Crippen LogP contribution in [0.25, 0.3) is 0 Å². The number of primary sulfonamides is 1. The summed E-state index contributed by atoms with van der Waals surface area (Å²) in [4.78, 5) is 0.0712. The molecule has 7 heteroatoms. The summed E-state index contributed by atoms with van der Waals surface area (Å²) in [7, 11) is -3.58. The standard InChI is InChI=1S/C6H6ClNO2S.2N/c7-5-1-3-6(4-2-5)11(8,9)10;;/h1-4H,(H2,8,9,10);;. The van der Waals surface area contributed by atoms with Gasteiger partial charge in [-0.1, -0.05) is 11.6 Å². The molecule has 5 nitrogen and oxygen atoms in total. The summed E-state index contributed by atoms with van der Waals surface area (Å²) in [6.45, 7) is 0. The van der Waals surface area contributed by atoms with Gasteiger partial charge in [0.05, 0.1) is 4.90 Å². The van der Waals surface area contributed by atoms with Crippen molar-refractivity contribution in [1.82, 2.24) is 12.3 Å². The van der Waals surface area contributed by atoms with E-state index in [4.69, 9.17) is 16.7 Å². The minimum absolute atomic E-state index is 0. The topological polar surface area (TPSA) is 121 Å². The Morgan fingerprint density at radius 1 is 1.08 bits per heavy atom. The lowest BCUT2D eigenvalue weighted by molar-refractivity contribution is 0.598. The third kappa shape index (κ3) is 4.20. The average Bonchev–Trinajstić information content (AvgIpc) is 1.86. The second-order valence-corrected chi connectivity index (χ2v) is 4.00. The molecule has 0 bridgehead atoms. The monoisotopic (exact) mass is 219 g/mol. The van der Waals surface area contributed by atoms with Gasteiger partial charge in [0.15, 0.2) is 0 Å². The third-order valence-corrected chi connectivity index (χ3v) is 2.32. The molecule has 1 rings (SSSR count). The average molecular weight is 220 g/mol. The second kappa shape index (κ2) is 5.15. The number of nitrogens with two attached hydrogens (primary N) is 1. The van der Waals surface area contributed by atoms with Gasteiger partial charge >= 0.3 is 0 Å². The predicted molar refractivity (Wildman–Crippen MR) is 47.1 cm³/mol. The quantitative estimate of drug-likeness (QED) is 0.716. The SMILES string of the molecule is NS(=O)(=O)c1ccc(Cl)cc1.[N].[N]. The number of hydrogen-bond donors (Lipinski definition) is 1. The molecule has 70 valence electrons. The van der Waals surface area contributed by atoms with Crippen LogP contribution < -0.4 is 17.4 Å². The summed E-state index contributed by atoms with van der Waals surface area (Å²) in [5.74, 6) is 0. The van der Waals surface area contributed by atoms with Gasteiger partial charge in [0.1, 0.15) is 0 Å². The molecule has 0 saturated carbocycles. The number of hydrogen-bond acceptors (Lipinski definition) is 2.